The van der Waals surface area contributed by atoms with Gasteiger partial charge in [0.05, 0.1) is 18.7 Å². The van der Waals surface area contributed by atoms with Gasteiger partial charge < -0.3 is 19.7 Å². The van der Waals surface area contributed by atoms with Crippen LogP contribution >= 0.6 is 22.9 Å². The summed E-state index contributed by atoms with van der Waals surface area (Å²) in [4.78, 5) is 41.1. The molecule has 4 aromatic rings. The van der Waals surface area contributed by atoms with Crippen LogP contribution in [0.25, 0.3) is 10.9 Å². The summed E-state index contributed by atoms with van der Waals surface area (Å²) in [5, 5.41) is 11.5. The lowest BCUT2D eigenvalue weighted by atomic mass is 10.0. The Bertz CT molecular complexity index is 1650. The number of sulfonamides is 1. The van der Waals surface area contributed by atoms with Crippen molar-refractivity contribution in [2.24, 2.45) is 0 Å². The van der Waals surface area contributed by atoms with Crippen LogP contribution in [0.4, 0.5) is 0 Å². The van der Waals surface area contributed by atoms with E-state index in [1.54, 1.807) is 35.7 Å². The molecule has 38 heavy (non-hydrogen) atoms. The molecule has 4 rings (SSSR count). The average molecular weight is 576 g/mol. The quantitative estimate of drug-likeness (QED) is 0.263. The number of methoxy groups -OCH3 is 1. The minimum atomic E-state index is -4.46. The van der Waals surface area contributed by atoms with E-state index in [0.29, 0.717) is 15.8 Å². The highest BCUT2D eigenvalue weighted by atomic mass is 35.5. The zero-order valence-corrected chi connectivity index (χ0v) is 22.3. The number of hydrogen-bond acceptors (Lipinski definition) is 7. The molecule has 0 aliphatic heterocycles. The first-order chi connectivity index (χ1) is 18.1. The third kappa shape index (κ3) is 6.05. The van der Waals surface area contributed by atoms with Gasteiger partial charge in [0.15, 0.2) is 0 Å². The first-order valence-corrected chi connectivity index (χ1v) is 13.8. The number of fused-ring (bicyclic) bond motifs is 1. The Labute approximate surface area is 226 Å². The molecule has 198 valence electrons. The molecule has 1 amide bonds. The van der Waals surface area contributed by atoms with Crippen LogP contribution in [0.5, 0.6) is 5.75 Å². The number of thiophene rings is 1. The molecular weight excluding hydrogens is 554 g/mol. The standard InChI is InChI=1S/C25H22ClN3O7S2/c1-36-20-7-3-2-6-17(20)24(25(33)29(14-23(31)32)13-16-5-4-10-37-16)28-38(34,35)21-11-15-8-9-22(30)27-19(15)12-18(21)26/h2-12,24,28H,13-14H2,1H3,(H,27,30)(H,31,32)/t24-/m1/s1. The Morgan fingerprint density at radius 2 is 1.92 bits per heavy atom. The molecule has 3 N–H and O–H groups in total. The van der Waals surface area contributed by atoms with Crippen LogP contribution in [-0.4, -0.2) is 48.9 Å². The molecule has 10 nitrogen and oxygen atoms in total. The van der Waals surface area contributed by atoms with Crippen molar-refractivity contribution in [3.05, 3.63) is 91.9 Å². The fraction of sp³-hybridized carbons (Fsp3) is 0.160. The Hall–Kier alpha value is -3.71. The normalized spacial score (nSPS) is 12.3. The summed E-state index contributed by atoms with van der Waals surface area (Å²) >= 11 is 7.63. The molecule has 2 heterocycles. The average Bonchev–Trinajstić information content (AvgIpc) is 3.39. The van der Waals surface area contributed by atoms with Crippen LogP contribution in [0.1, 0.15) is 16.5 Å². The van der Waals surface area contributed by atoms with E-state index in [1.165, 1.54) is 48.8 Å². The maximum atomic E-state index is 13.8. The van der Waals surface area contributed by atoms with Gasteiger partial charge in [0, 0.05) is 22.0 Å². The van der Waals surface area contributed by atoms with Gasteiger partial charge in [-0.3, -0.25) is 14.4 Å². The predicted molar refractivity (Wildman–Crippen MR) is 143 cm³/mol. The number of amides is 1. The molecule has 0 saturated carbocycles. The lowest BCUT2D eigenvalue weighted by Crippen LogP contribution is -2.44. The topological polar surface area (TPSA) is 146 Å². The number of H-pyrrole nitrogens is 1. The molecular formula is C25H22ClN3O7S2. The van der Waals surface area contributed by atoms with Crippen molar-refractivity contribution in [2.75, 3.05) is 13.7 Å². The smallest absolute Gasteiger partial charge is 0.323 e. The van der Waals surface area contributed by atoms with Gasteiger partial charge in [-0.25, -0.2) is 8.42 Å². The summed E-state index contributed by atoms with van der Waals surface area (Å²) in [5.41, 5.74) is 0.141. The highest BCUT2D eigenvalue weighted by molar-refractivity contribution is 7.89. The number of carbonyl (C=O) groups excluding carboxylic acids is 1. The molecule has 0 aliphatic carbocycles. The number of ether oxygens (including phenoxy) is 1. The number of hydrogen-bond donors (Lipinski definition) is 3. The van der Waals surface area contributed by atoms with Crippen LogP contribution in [0, 0.1) is 0 Å². The Balaban J connectivity index is 1.80. The summed E-state index contributed by atoms with van der Waals surface area (Å²) in [5.74, 6) is -1.83. The molecule has 2 aromatic heterocycles. The number of carboxylic acids is 1. The van der Waals surface area contributed by atoms with Crippen LogP contribution in [-0.2, 0) is 26.2 Å². The number of pyridine rings is 1. The second-order valence-electron chi connectivity index (χ2n) is 8.16. The molecule has 0 radical (unpaired) electrons. The van der Waals surface area contributed by atoms with E-state index in [2.05, 4.69) is 9.71 Å². The van der Waals surface area contributed by atoms with E-state index < -0.39 is 34.5 Å². The zero-order valence-electron chi connectivity index (χ0n) is 19.9. The van der Waals surface area contributed by atoms with Gasteiger partial charge >= 0.3 is 5.97 Å². The van der Waals surface area contributed by atoms with Gasteiger partial charge in [-0.15, -0.1) is 11.3 Å². The molecule has 2 aromatic carbocycles. The third-order valence-corrected chi connectivity index (χ3v) is 8.35. The molecule has 0 unspecified atom stereocenters. The van der Waals surface area contributed by atoms with Crippen molar-refractivity contribution in [1.82, 2.24) is 14.6 Å². The van der Waals surface area contributed by atoms with Crippen LogP contribution in [0.15, 0.2) is 75.7 Å². The van der Waals surface area contributed by atoms with E-state index in [1.807, 2.05) is 0 Å². The number of nitrogens with one attached hydrogen (secondary N) is 2. The van der Waals surface area contributed by atoms with E-state index >= 15 is 0 Å². The lowest BCUT2D eigenvalue weighted by Gasteiger charge is -2.27. The van der Waals surface area contributed by atoms with Crippen molar-refractivity contribution in [3.63, 3.8) is 0 Å². The zero-order chi connectivity index (χ0) is 27.4. The molecule has 0 spiro atoms. The predicted octanol–water partition coefficient (Wildman–Crippen LogP) is 3.38. The number of carbonyl (C=O) groups is 2. The van der Waals surface area contributed by atoms with Crippen LogP contribution in [0.3, 0.4) is 0 Å². The third-order valence-electron chi connectivity index (χ3n) is 5.60. The van der Waals surface area contributed by atoms with Gasteiger partial charge in [0.25, 0.3) is 0 Å². The highest BCUT2D eigenvalue weighted by Crippen LogP contribution is 2.31. The Morgan fingerprint density at radius 1 is 1.16 bits per heavy atom. The number of benzene rings is 2. The van der Waals surface area contributed by atoms with Crippen molar-refractivity contribution >= 4 is 55.7 Å². The number of aromatic amines is 1. The Morgan fingerprint density at radius 3 is 2.61 bits per heavy atom. The summed E-state index contributed by atoms with van der Waals surface area (Å²) in [6.45, 7) is -0.700. The second kappa shape index (κ2) is 11.4. The number of para-hydroxylation sites is 1. The minimum absolute atomic E-state index is 0.0414. The second-order valence-corrected chi connectivity index (χ2v) is 11.3. The number of nitrogens with zero attached hydrogens (tertiary/aromatic N) is 1. The van der Waals surface area contributed by atoms with Crippen LogP contribution < -0.4 is 15.0 Å². The lowest BCUT2D eigenvalue weighted by molar-refractivity contribution is -0.145. The van der Waals surface area contributed by atoms with Crippen molar-refractivity contribution in [1.29, 1.82) is 0 Å². The van der Waals surface area contributed by atoms with E-state index in [-0.39, 0.29) is 33.3 Å². The monoisotopic (exact) mass is 575 g/mol. The first-order valence-electron chi connectivity index (χ1n) is 11.1. The number of aromatic nitrogens is 1. The maximum Gasteiger partial charge on any atom is 0.323 e. The molecule has 0 bridgehead atoms. The molecule has 1 atom stereocenters. The fourth-order valence-electron chi connectivity index (χ4n) is 3.88. The van der Waals surface area contributed by atoms with Crippen molar-refractivity contribution in [3.8, 4) is 5.75 Å². The molecule has 0 saturated heterocycles. The van der Waals surface area contributed by atoms with E-state index in [0.717, 1.165) is 4.90 Å². The van der Waals surface area contributed by atoms with E-state index in [9.17, 15) is 27.9 Å². The number of rotatable bonds is 10. The largest absolute Gasteiger partial charge is 0.496 e. The molecule has 0 aliphatic rings. The summed E-state index contributed by atoms with van der Waals surface area (Å²) in [6.07, 6.45) is 0. The van der Waals surface area contributed by atoms with Gasteiger partial charge in [-0.2, -0.15) is 4.72 Å². The number of aliphatic carboxylic acids is 1. The fourth-order valence-corrected chi connectivity index (χ4v) is 6.33. The highest BCUT2D eigenvalue weighted by Gasteiger charge is 2.34. The minimum Gasteiger partial charge on any atom is -0.496 e. The molecule has 0 fully saturated rings. The summed E-state index contributed by atoms with van der Waals surface area (Å²) in [6, 6.07) is 13.6. The van der Waals surface area contributed by atoms with Crippen LogP contribution in [0.2, 0.25) is 5.02 Å². The number of halogens is 1. The maximum absolute atomic E-state index is 13.8. The molecule has 13 heteroatoms. The first kappa shape index (κ1) is 27.3. The van der Waals surface area contributed by atoms with Crippen molar-refractivity contribution < 1.29 is 27.9 Å². The van der Waals surface area contributed by atoms with Gasteiger partial charge in [-0.1, -0.05) is 35.9 Å². The van der Waals surface area contributed by atoms with E-state index in [4.69, 9.17) is 16.3 Å². The van der Waals surface area contributed by atoms with Gasteiger partial charge in [0.1, 0.15) is 23.2 Å². The number of carboxylic acid groups (broad SMARTS) is 1. The summed E-state index contributed by atoms with van der Waals surface area (Å²) in [7, 11) is -3.08. The van der Waals surface area contributed by atoms with Gasteiger partial charge in [0.2, 0.25) is 21.5 Å². The SMILES string of the molecule is COc1ccccc1[C@@H](NS(=O)(=O)c1cc2ccc(=O)[nH]c2cc1Cl)C(=O)N(CC(=O)O)Cc1cccs1. The van der Waals surface area contributed by atoms with Gasteiger partial charge in [-0.05, 0) is 41.1 Å². The summed E-state index contributed by atoms with van der Waals surface area (Å²) < 4.78 is 35.0. The Kier molecular flexibility index (Phi) is 8.17. The van der Waals surface area contributed by atoms with Crippen molar-refractivity contribution in [2.45, 2.75) is 17.5 Å².